The van der Waals surface area contributed by atoms with Crippen LogP contribution in [-0.4, -0.2) is 120 Å². The monoisotopic (exact) mass is 657 g/mol. The summed E-state index contributed by atoms with van der Waals surface area (Å²) in [5.74, 6) is 0.872. The van der Waals surface area contributed by atoms with Crippen molar-refractivity contribution in [1.82, 2.24) is 29.8 Å². The van der Waals surface area contributed by atoms with E-state index >= 15 is 0 Å². The summed E-state index contributed by atoms with van der Waals surface area (Å²) in [7, 11) is 1.75. The lowest BCUT2D eigenvalue weighted by Crippen LogP contribution is -2.64. The van der Waals surface area contributed by atoms with E-state index in [4.69, 9.17) is 42.5 Å². The van der Waals surface area contributed by atoms with Gasteiger partial charge < -0.3 is 24.0 Å². The summed E-state index contributed by atoms with van der Waals surface area (Å²) in [5.41, 5.74) is 3.41. The van der Waals surface area contributed by atoms with E-state index in [1.165, 1.54) is 6.08 Å². The summed E-state index contributed by atoms with van der Waals surface area (Å²) >= 11 is 13.8. The molecule has 1 spiro atoms. The quantitative estimate of drug-likeness (QED) is 0.357. The first-order valence-corrected chi connectivity index (χ1v) is 16.4. The summed E-state index contributed by atoms with van der Waals surface area (Å²) in [6.07, 6.45) is 5.20. The molecule has 3 aromatic rings. The zero-order chi connectivity index (χ0) is 31.5. The number of aromatic amines is 1. The highest BCUT2D eigenvalue weighted by Crippen LogP contribution is 2.56. The number of fused-ring (bicyclic) bond motifs is 1. The van der Waals surface area contributed by atoms with Gasteiger partial charge in [-0.2, -0.15) is 10.2 Å². The van der Waals surface area contributed by atoms with Crippen LogP contribution < -0.4 is 4.90 Å². The standard InChI is InChI=1S/C32H41Cl2N7O4/c1-5-26(42)39-17-32(18-39)11-21(12-32)41-20(2)27(28-23-13-35-36-25(23)10-24(33)29(28)34)30(37-41)40-7-6-38(16-31(40,3)19-43-4)14-22-15-44-8-9-45-22/h5,10,13,21-22H,1,6-9,11-12,14-19H2,2-4H3,(H,35,36)/t22?,31-/m1/s1. The molecule has 1 aliphatic carbocycles. The van der Waals surface area contributed by atoms with E-state index in [1.807, 2.05) is 17.2 Å². The highest BCUT2D eigenvalue weighted by Gasteiger charge is 2.55. The molecule has 1 unspecified atom stereocenters. The largest absolute Gasteiger partial charge is 0.382 e. The molecule has 4 aliphatic rings. The van der Waals surface area contributed by atoms with Crippen LogP contribution in [0.1, 0.15) is 31.5 Å². The minimum Gasteiger partial charge on any atom is -0.382 e. The minimum absolute atomic E-state index is 0.00258. The third-order valence-electron chi connectivity index (χ3n) is 10.2. The number of hydrogen-bond donors (Lipinski definition) is 1. The van der Waals surface area contributed by atoms with Crippen molar-refractivity contribution in [2.75, 3.05) is 77.7 Å². The molecule has 7 rings (SSSR count). The van der Waals surface area contributed by atoms with Gasteiger partial charge in [0.05, 0.1) is 65.9 Å². The van der Waals surface area contributed by atoms with Crippen molar-refractivity contribution in [3.05, 3.63) is 40.7 Å². The number of halogens is 2. The van der Waals surface area contributed by atoms with Crippen LogP contribution in [-0.2, 0) is 19.0 Å². The molecular weight excluding hydrogens is 617 g/mol. The van der Waals surface area contributed by atoms with Crippen LogP contribution in [0.3, 0.4) is 0 Å². The number of nitrogens with one attached hydrogen (secondary N) is 1. The second-order valence-electron chi connectivity index (χ2n) is 13.5. The van der Waals surface area contributed by atoms with E-state index in [0.717, 1.165) is 85.7 Å². The first-order chi connectivity index (χ1) is 21.6. The molecule has 45 heavy (non-hydrogen) atoms. The Morgan fingerprint density at radius 2 is 2.02 bits per heavy atom. The number of aromatic nitrogens is 4. The van der Waals surface area contributed by atoms with E-state index in [0.29, 0.717) is 36.5 Å². The molecule has 1 aromatic carbocycles. The first kappa shape index (κ1) is 31.0. The number of methoxy groups -OCH3 is 1. The number of H-pyrrole nitrogens is 1. The van der Waals surface area contributed by atoms with Gasteiger partial charge in [-0.15, -0.1) is 0 Å². The molecule has 3 saturated heterocycles. The average Bonchev–Trinajstić information content (AvgIpc) is 3.57. The van der Waals surface area contributed by atoms with Gasteiger partial charge in [-0.3, -0.25) is 19.5 Å². The number of carbonyl (C=O) groups is 1. The molecule has 0 radical (unpaired) electrons. The lowest BCUT2D eigenvalue weighted by molar-refractivity contribution is -0.149. The second kappa shape index (κ2) is 11.8. The van der Waals surface area contributed by atoms with Crippen molar-refractivity contribution < 1.29 is 19.0 Å². The van der Waals surface area contributed by atoms with Gasteiger partial charge >= 0.3 is 0 Å². The fourth-order valence-electron chi connectivity index (χ4n) is 8.08. The lowest BCUT2D eigenvalue weighted by atomic mass is 9.60. The van der Waals surface area contributed by atoms with Gasteiger partial charge in [0.1, 0.15) is 0 Å². The van der Waals surface area contributed by atoms with Gasteiger partial charge in [-0.1, -0.05) is 29.8 Å². The molecule has 11 nitrogen and oxygen atoms in total. The normalized spacial score (nSPS) is 25.5. The maximum Gasteiger partial charge on any atom is 0.245 e. The SMILES string of the molecule is C=CC(=O)N1CC2(CC(n3nc(N4CCN(CC5COCCO5)C[C@]4(C)COC)c(-c4c(Cl)c(Cl)cc5[nH]ncc45)c3C)C2)C1. The van der Waals surface area contributed by atoms with Crippen LogP contribution in [0.4, 0.5) is 5.82 Å². The Hall–Kier alpha value is -2.67. The summed E-state index contributed by atoms with van der Waals surface area (Å²) in [6, 6.07) is 2.04. The Kier molecular flexibility index (Phi) is 8.15. The summed E-state index contributed by atoms with van der Waals surface area (Å²) in [4.78, 5) is 18.8. The molecule has 0 bridgehead atoms. The van der Waals surface area contributed by atoms with Crippen LogP contribution in [0.25, 0.3) is 22.0 Å². The maximum atomic E-state index is 12.1. The fraction of sp³-hybridized carbons (Fsp3) is 0.594. The van der Waals surface area contributed by atoms with E-state index < -0.39 is 0 Å². The number of ether oxygens (including phenoxy) is 3. The van der Waals surface area contributed by atoms with Crippen LogP contribution in [0, 0.1) is 12.3 Å². The van der Waals surface area contributed by atoms with Crippen molar-refractivity contribution in [1.29, 1.82) is 0 Å². The van der Waals surface area contributed by atoms with E-state index in [1.54, 1.807) is 7.11 Å². The van der Waals surface area contributed by atoms with Crippen molar-refractivity contribution >= 4 is 45.8 Å². The number of anilines is 1. The molecule has 1 saturated carbocycles. The minimum atomic E-state index is -0.385. The number of amides is 1. The lowest BCUT2D eigenvalue weighted by Gasteiger charge is -2.58. The number of benzene rings is 1. The Labute approximate surface area is 273 Å². The summed E-state index contributed by atoms with van der Waals surface area (Å²) in [6.45, 7) is 15.1. The van der Waals surface area contributed by atoms with Gasteiger partial charge in [-0.25, -0.2) is 0 Å². The van der Waals surface area contributed by atoms with Gasteiger partial charge in [0.15, 0.2) is 5.82 Å². The van der Waals surface area contributed by atoms with Gasteiger partial charge in [0.2, 0.25) is 5.91 Å². The predicted octanol–water partition coefficient (Wildman–Crippen LogP) is 4.33. The van der Waals surface area contributed by atoms with E-state index in [2.05, 4.69) is 45.1 Å². The number of nitrogens with zero attached hydrogens (tertiary/aromatic N) is 6. The van der Waals surface area contributed by atoms with Gasteiger partial charge in [-0.05, 0) is 38.8 Å². The van der Waals surface area contributed by atoms with Crippen LogP contribution in [0.2, 0.25) is 10.0 Å². The first-order valence-electron chi connectivity index (χ1n) is 15.7. The van der Waals surface area contributed by atoms with Gasteiger partial charge in [0, 0.05) is 74.0 Å². The highest BCUT2D eigenvalue weighted by molar-refractivity contribution is 6.45. The third-order valence-corrected chi connectivity index (χ3v) is 10.9. The molecule has 2 aromatic heterocycles. The average molecular weight is 659 g/mol. The molecule has 5 heterocycles. The number of likely N-dealkylation sites (tertiary alicyclic amines) is 1. The van der Waals surface area contributed by atoms with Crippen LogP contribution >= 0.6 is 23.2 Å². The molecule has 1 N–H and O–H groups in total. The number of rotatable bonds is 8. The number of hydrogen-bond acceptors (Lipinski definition) is 8. The number of carbonyl (C=O) groups excluding carboxylic acids is 1. The smallest absolute Gasteiger partial charge is 0.245 e. The zero-order valence-electron chi connectivity index (χ0n) is 26.2. The Balaban J connectivity index is 1.26. The molecule has 2 atom stereocenters. The van der Waals surface area contributed by atoms with Crippen molar-refractivity contribution in [2.45, 2.75) is 44.4 Å². The Morgan fingerprint density at radius 3 is 2.73 bits per heavy atom. The molecule has 4 fully saturated rings. The van der Waals surface area contributed by atoms with Crippen molar-refractivity contribution in [2.24, 2.45) is 5.41 Å². The topological polar surface area (TPSA) is 101 Å². The molecule has 1 amide bonds. The van der Waals surface area contributed by atoms with Crippen molar-refractivity contribution in [3.8, 4) is 11.1 Å². The van der Waals surface area contributed by atoms with E-state index in [9.17, 15) is 4.79 Å². The van der Waals surface area contributed by atoms with Gasteiger partial charge in [0.25, 0.3) is 0 Å². The fourth-order valence-corrected chi connectivity index (χ4v) is 8.53. The summed E-state index contributed by atoms with van der Waals surface area (Å²) in [5, 5.41) is 14.6. The molecule has 242 valence electrons. The predicted molar refractivity (Wildman–Crippen MR) is 174 cm³/mol. The van der Waals surface area contributed by atoms with Crippen molar-refractivity contribution in [3.63, 3.8) is 0 Å². The molecular formula is C32H41Cl2N7O4. The zero-order valence-corrected chi connectivity index (χ0v) is 27.7. The molecule has 13 heteroatoms. The Bertz CT molecular complexity index is 1600. The third kappa shape index (κ3) is 5.35. The van der Waals surface area contributed by atoms with Crippen LogP contribution in [0.15, 0.2) is 24.9 Å². The maximum absolute atomic E-state index is 12.1. The van der Waals surface area contributed by atoms with Crippen LogP contribution in [0.5, 0.6) is 0 Å². The second-order valence-corrected chi connectivity index (χ2v) is 14.2. The summed E-state index contributed by atoms with van der Waals surface area (Å²) < 4.78 is 19.7. The van der Waals surface area contributed by atoms with E-state index in [-0.39, 0.29) is 29.0 Å². The highest BCUT2D eigenvalue weighted by atomic mass is 35.5. The Morgan fingerprint density at radius 1 is 1.22 bits per heavy atom. The number of piperazine rings is 1. The molecule has 3 aliphatic heterocycles.